The lowest BCUT2D eigenvalue weighted by atomic mass is 9.49. The molecule has 1 heterocycles. The average molecular weight is 313 g/mol. The molecule has 4 saturated carbocycles. The number of aromatic nitrogens is 1. The molecule has 0 aliphatic heterocycles. The largest absolute Gasteiger partial charge is 0.347 e. The Morgan fingerprint density at radius 2 is 1.61 bits per heavy atom. The summed E-state index contributed by atoms with van der Waals surface area (Å²) >= 11 is 0. The Labute approximate surface area is 136 Å². The lowest BCUT2D eigenvalue weighted by Crippen LogP contribution is -2.54. The minimum Gasteiger partial charge on any atom is -0.347 e. The number of hydrogen-bond donors (Lipinski definition) is 2. The monoisotopic (exact) mass is 313 g/mol. The third-order valence-corrected chi connectivity index (χ3v) is 5.89. The van der Waals surface area contributed by atoms with Gasteiger partial charge in [-0.3, -0.25) is 14.6 Å². The fourth-order valence-electron chi connectivity index (χ4n) is 5.38. The van der Waals surface area contributed by atoms with E-state index in [9.17, 15) is 9.59 Å². The number of amides is 2. The topological polar surface area (TPSA) is 71.1 Å². The summed E-state index contributed by atoms with van der Waals surface area (Å²) in [5.41, 5.74) is 0.514. The van der Waals surface area contributed by atoms with Crippen LogP contribution in [0.2, 0.25) is 0 Å². The lowest BCUT2D eigenvalue weighted by molar-refractivity contribution is -0.146. The molecule has 5 heteroatoms. The van der Waals surface area contributed by atoms with Gasteiger partial charge in [-0.1, -0.05) is 0 Å². The molecule has 1 aromatic rings. The Morgan fingerprint density at radius 1 is 1.04 bits per heavy atom. The van der Waals surface area contributed by atoms with Crippen LogP contribution in [0.25, 0.3) is 0 Å². The van der Waals surface area contributed by atoms with Gasteiger partial charge in [-0.15, -0.1) is 0 Å². The van der Waals surface area contributed by atoms with Crippen molar-refractivity contribution in [3.8, 4) is 0 Å². The highest BCUT2D eigenvalue weighted by Gasteiger charge is 2.54. The predicted octanol–water partition coefficient (Wildman–Crippen LogP) is 2.35. The summed E-state index contributed by atoms with van der Waals surface area (Å²) in [5.74, 6) is 2.11. The molecule has 5 rings (SSSR count). The number of rotatable bonds is 4. The Bertz CT molecular complexity index is 579. The predicted molar refractivity (Wildman–Crippen MR) is 86.5 cm³/mol. The molecule has 2 amide bonds. The Balaban J connectivity index is 1.34. The van der Waals surface area contributed by atoms with Crippen molar-refractivity contribution in [1.82, 2.24) is 10.3 Å². The van der Waals surface area contributed by atoms with Gasteiger partial charge in [0.1, 0.15) is 0 Å². The molecule has 122 valence electrons. The molecular formula is C18H23N3O2. The van der Waals surface area contributed by atoms with Crippen molar-refractivity contribution in [3.05, 3.63) is 24.5 Å². The summed E-state index contributed by atoms with van der Waals surface area (Å²) in [7, 11) is 0. The number of nitrogens with one attached hydrogen (secondary N) is 2. The molecular weight excluding hydrogens is 290 g/mol. The van der Waals surface area contributed by atoms with Gasteiger partial charge in [-0.25, -0.2) is 0 Å². The SMILES string of the molecule is O=C(CNC(=O)C12CC3CC(CC(C3)C1)C2)Nc1ccncc1. The molecule has 0 radical (unpaired) electrons. The van der Waals surface area contributed by atoms with Gasteiger partial charge >= 0.3 is 0 Å². The Hall–Kier alpha value is -1.91. The summed E-state index contributed by atoms with van der Waals surface area (Å²) in [6.07, 6.45) is 10.3. The number of anilines is 1. The van der Waals surface area contributed by atoms with Crippen LogP contribution in [0.3, 0.4) is 0 Å². The number of hydrogen-bond acceptors (Lipinski definition) is 3. The highest BCUT2D eigenvalue weighted by molar-refractivity contribution is 5.95. The van der Waals surface area contributed by atoms with Gasteiger partial charge in [0.25, 0.3) is 0 Å². The van der Waals surface area contributed by atoms with Gasteiger partial charge in [-0.2, -0.15) is 0 Å². The van der Waals surface area contributed by atoms with Gasteiger partial charge in [0, 0.05) is 23.5 Å². The third-order valence-electron chi connectivity index (χ3n) is 5.89. The van der Waals surface area contributed by atoms with E-state index in [2.05, 4.69) is 15.6 Å². The fraction of sp³-hybridized carbons (Fsp3) is 0.611. The summed E-state index contributed by atoms with van der Waals surface area (Å²) in [4.78, 5) is 28.7. The molecule has 5 nitrogen and oxygen atoms in total. The molecule has 4 aliphatic rings. The average Bonchev–Trinajstić information content (AvgIpc) is 2.52. The van der Waals surface area contributed by atoms with E-state index in [-0.39, 0.29) is 23.8 Å². The van der Waals surface area contributed by atoms with Gasteiger partial charge in [0.2, 0.25) is 11.8 Å². The van der Waals surface area contributed by atoms with Crippen LogP contribution in [0.15, 0.2) is 24.5 Å². The quantitative estimate of drug-likeness (QED) is 0.896. The summed E-state index contributed by atoms with van der Waals surface area (Å²) in [6, 6.07) is 3.47. The van der Waals surface area contributed by atoms with Crippen LogP contribution in [0, 0.1) is 23.2 Å². The fourth-order valence-corrected chi connectivity index (χ4v) is 5.38. The van der Waals surface area contributed by atoms with Crippen molar-refractivity contribution in [2.24, 2.45) is 23.2 Å². The molecule has 4 bridgehead atoms. The lowest BCUT2D eigenvalue weighted by Gasteiger charge is -2.55. The molecule has 0 saturated heterocycles. The van der Waals surface area contributed by atoms with E-state index >= 15 is 0 Å². The van der Waals surface area contributed by atoms with Crippen molar-refractivity contribution >= 4 is 17.5 Å². The zero-order chi connectivity index (χ0) is 15.9. The zero-order valence-electron chi connectivity index (χ0n) is 13.3. The highest BCUT2D eigenvalue weighted by atomic mass is 16.2. The van der Waals surface area contributed by atoms with Crippen molar-refractivity contribution in [2.75, 3.05) is 11.9 Å². The van der Waals surface area contributed by atoms with E-state index in [4.69, 9.17) is 0 Å². The third kappa shape index (κ3) is 2.84. The van der Waals surface area contributed by atoms with E-state index < -0.39 is 0 Å². The first-order valence-electron chi connectivity index (χ1n) is 8.61. The van der Waals surface area contributed by atoms with E-state index in [1.165, 1.54) is 19.3 Å². The molecule has 4 aliphatic carbocycles. The van der Waals surface area contributed by atoms with Crippen molar-refractivity contribution < 1.29 is 9.59 Å². The van der Waals surface area contributed by atoms with Crippen LogP contribution in [0.4, 0.5) is 5.69 Å². The molecule has 1 aromatic heterocycles. The summed E-state index contributed by atoms with van der Waals surface area (Å²) < 4.78 is 0. The number of pyridine rings is 1. The van der Waals surface area contributed by atoms with Crippen molar-refractivity contribution in [1.29, 1.82) is 0 Å². The molecule has 0 unspecified atom stereocenters. The Morgan fingerprint density at radius 3 is 2.17 bits per heavy atom. The van der Waals surface area contributed by atoms with E-state index in [1.54, 1.807) is 24.5 Å². The van der Waals surface area contributed by atoms with E-state index in [0.717, 1.165) is 37.0 Å². The van der Waals surface area contributed by atoms with Crippen molar-refractivity contribution in [2.45, 2.75) is 38.5 Å². The second kappa shape index (κ2) is 5.62. The Kier molecular flexibility index (Phi) is 3.58. The normalized spacial score (nSPS) is 34.2. The van der Waals surface area contributed by atoms with Crippen LogP contribution < -0.4 is 10.6 Å². The smallest absolute Gasteiger partial charge is 0.243 e. The first-order valence-corrected chi connectivity index (χ1v) is 8.61. The maximum atomic E-state index is 12.8. The van der Waals surface area contributed by atoms with Crippen molar-refractivity contribution in [3.63, 3.8) is 0 Å². The first kappa shape index (κ1) is 14.7. The minimum absolute atomic E-state index is 0.0445. The maximum absolute atomic E-state index is 12.8. The van der Waals surface area contributed by atoms with Crippen LogP contribution in [0.1, 0.15) is 38.5 Å². The second-order valence-electron chi connectivity index (χ2n) is 7.66. The second-order valence-corrected chi connectivity index (χ2v) is 7.66. The number of carbonyl (C=O) groups excluding carboxylic acids is 2. The molecule has 0 atom stereocenters. The van der Waals surface area contributed by atoms with Gasteiger partial charge in [0.05, 0.1) is 6.54 Å². The van der Waals surface area contributed by atoms with Crippen LogP contribution in [0.5, 0.6) is 0 Å². The van der Waals surface area contributed by atoms with Gasteiger partial charge in [0.15, 0.2) is 0 Å². The standard InChI is InChI=1S/C18H23N3O2/c22-16(21-15-1-3-19-4-2-15)11-20-17(23)18-8-12-5-13(9-18)7-14(6-12)10-18/h1-4,12-14H,5-11H2,(H,20,23)(H,19,21,22). The summed E-state index contributed by atoms with van der Waals surface area (Å²) in [5, 5.41) is 5.67. The minimum atomic E-state index is -0.189. The maximum Gasteiger partial charge on any atom is 0.243 e. The molecule has 0 spiro atoms. The molecule has 2 N–H and O–H groups in total. The zero-order valence-corrected chi connectivity index (χ0v) is 13.3. The molecule has 23 heavy (non-hydrogen) atoms. The van der Waals surface area contributed by atoms with Gasteiger partial charge < -0.3 is 10.6 Å². The summed E-state index contributed by atoms with van der Waals surface area (Å²) in [6.45, 7) is 0.0445. The van der Waals surface area contributed by atoms with Gasteiger partial charge in [-0.05, 0) is 68.4 Å². The first-order chi connectivity index (χ1) is 11.1. The number of nitrogens with zero attached hydrogens (tertiary/aromatic N) is 1. The van der Waals surface area contributed by atoms with E-state index in [0.29, 0.717) is 5.69 Å². The molecule has 4 fully saturated rings. The highest BCUT2D eigenvalue weighted by Crippen LogP contribution is 2.60. The van der Waals surface area contributed by atoms with Crippen LogP contribution in [-0.2, 0) is 9.59 Å². The van der Waals surface area contributed by atoms with Crippen LogP contribution >= 0.6 is 0 Å². The number of carbonyl (C=O) groups is 2. The van der Waals surface area contributed by atoms with Crippen LogP contribution in [-0.4, -0.2) is 23.3 Å². The molecule has 0 aromatic carbocycles. The van der Waals surface area contributed by atoms with E-state index in [1.807, 2.05) is 0 Å².